The van der Waals surface area contributed by atoms with Crippen molar-refractivity contribution in [1.82, 2.24) is 0 Å². The highest BCUT2D eigenvalue weighted by Crippen LogP contribution is 2.51. The molecule has 0 radical (unpaired) electrons. The first kappa shape index (κ1) is 30.0. The third kappa shape index (κ3) is 6.76. The zero-order chi connectivity index (χ0) is 25.8. The fraction of sp³-hybridized carbons (Fsp3) is 0.682. The summed E-state index contributed by atoms with van der Waals surface area (Å²) < 4.78 is 81.0. The zero-order valence-electron chi connectivity index (χ0n) is 19.3. The Kier molecular flexibility index (Phi) is 9.68. The number of hydrogen-bond acceptors (Lipinski definition) is 4. The number of carbonyl (C=O) groups excluding carboxylic acids is 1. The van der Waals surface area contributed by atoms with Crippen LogP contribution in [-0.2, 0) is 9.53 Å². The van der Waals surface area contributed by atoms with Crippen LogP contribution in [0.25, 0.3) is 0 Å². The summed E-state index contributed by atoms with van der Waals surface area (Å²) in [4.78, 5) is 11.7. The van der Waals surface area contributed by atoms with Gasteiger partial charge in [0.25, 0.3) is 5.60 Å². The average Bonchev–Trinajstić information content (AvgIpc) is 2.65. The zero-order valence-corrected chi connectivity index (χ0v) is 19.3. The Morgan fingerprint density at radius 2 is 1.34 bits per heavy atom. The molecule has 2 N–H and O–H groups in total. The summed E-state index contributed by atoms with van der Waals surface area (Å²) in [6.45, 7) is 9.24. The van der Waals surface area contributed by atoms with E-state index < -0.39 is 34.9 Å². The van der Waals surface area contributed by atoms with Crippen LogP contribution in [-0.4, -0.2) is 39.7 Å². The number of hydrogen-bond donors (Lipinski definition) is 2. The number of carbonyl (C=O) groups is 1. The average molecular weight is 474 g/mol. The monoisotopic (exact) mass is 474 g/mol. The largest absolute Gasteiger partial charge is 0.508 e. The van der Waals surface area contributed by atoms with Crippen LogP contribution < -0.4 is 0 Å². The number of ether oxygens (including phenoxy) is 1. The molecule has 0 aliphatic heterocycles. The Balaban J connectivity index is 0.000000726. The first-order valence-electron chi connectivity index (χ1n) is 10.1. The maximum absolute atomic E-state index is 12.8. The molecule has 0 aromatic heterocycles. The molecule has 0 fully saturated rings. The highest BCUT2D eigenvalue weighted by molar-refractivity contribution is 5.76. The van der Waals surface area contributed by atoms with E-state index in [0.29, 0.717) is 25.5 Å². The van der Waals surface area contributed by atoms with Crippen molar-refractivity contribution in [2.45, 2.75) is 90.8 Å². The first-order valence-corrected chi connectivity index (χ1v) is 10.1. The number of aromatic hydroxyl groups is 1. The molecule has 0 amide bonds. The van der Waals surface area contributed by atoms with Gasteiger partial charge in [-0.3, -0.25) is 4.79 Å². The van der Waals surface area contributed by atoms with Gasteiger partial charge in [-0.05, 0) is 64.2 Å². The fourth-order valence-electron chi connectivity index (χ4n) is 2.47. The van der Waals surface area contributed by atoms with Crippen molar-refractivity contribution in [2.75, 3.05) is 0 Å². The van der Waals surface area contributed by atoms with E-state index in [4.69, 9.17) is 5.11 Å². The van der Waals surface area contributed by atoms with Crippen LogP contribution in [0.2, 0.25) is 0 Å². The summed E-state index contributed by atoms with van der Waals surface area (Å²) >= 11 is 0. The molecular weight excluding hydrogens is 442 g/mol. The molecule has 32 heavy (non-hydrogen) atoms. The molecule has 0 saturated carbocycles. The molecule has 0 aliphatic rings. The molecule has 0 bridgehead atoms. The van der Waals surface area contributed by atoms with Gasteiger partial charge >= 0.3 is 18.3 Å². The van der Waals surface area contributed by atoms with Gasteiger partial charge in [-0.25, -0.2) is 0 Å². The third-order valence-corrected chi connectivity index (χ3v) is 5.55. The minimum Gasteiger partial charge on any atom is -0.508 e. The maximum Gasteiger partial charge on any atom is 0.430 e. The number of phenolic OH excluding ortho intramolecular Hbond substituents is 1. The lowest BCUT2D eigenvalue weighted by molar-refractivity contribution is -0.408. The van der Waals surface area contributed by atoms with Crippen LogP contribution in [0.3, 0.4) is 0 Å². The van der Waals surface area contributed by atoms with Gasteiger partial charge in [-0.1, -0.05) is 32.9 Å². The summed E-state index contributed by atoms with van der Waals surface area (Å²) in [5, 5.41) is 18.3. The predicted molar refractivity (Wildman–Crippen MR) is 108 cm³/mol. The highest BCUT2D eigenvalue weighted by atomic mass is 19.4. The SMILES string of the molecule is CCC(C)(C)C(=O)OC(C)(C)C(O)(C(F)(F)F)C(F)(F)F.CCC(C)c1ccc(O)cc1. The van der Waals surface area contributed by atoms with Gasteiger partial charge in [-0.2, -0.15) is 26.3 Å². The van der Waals surface area contributed by atoms with Gasteiger partial charge in [0.15, 0.2) is 5.60 Å². The van der Waals surface area contributed by atoms with Crippen molar-refractivity contribution in [3.8, 4) is 5.75 Å². The Labute approximate surface area is 184 Å². The molecule has 186 valence electrons. The molecule has 1 aromatic carbocycles. The van der Waals surface area contributed by atoms with Crippen LogP contribution in [0.4, 0.5) is 26.3 Å². The quantitative estimate of drug-likeness (QED) is 0.365. The first-order chi connectivity index (χ1) is 14.2. The van der Waals surface area contributed by atoms with Crippen LogP contribution in [0.5, 0.6) is 5.75 Å². The van der Waals surface area contributed by atoms with Crippen molar-refractivity contribution in [3.63, 3.8) is 0 Å². The molecule has 1 atom stereocenters. The standard InChI is InChI=1S/C12H18F6O3.C10H14O/c1-6-8(2,3)7(19)21-9(4,5)10(20,11(13,14)15)12(16,17)18;1-3-8(2)9-4-6-10(11)7-5-9/h20H,6H2,1-5H3;4-8,11H,3H2,1-2H3. The number of alkyl halides is 6. The number of phenols is 1. The van der Waals surface area contributed by atoms with Crippen molar-refractivity contribution in [3.05, 3.63) is 29.8 Å². The lowest BCUT2D eigenvalue weighted by Gasteiger charge is -2.44. The fourth-order valence-corrected chi connectivity index (χ4v) is 2.47. The van der Waals surface area contributed by atoms with Gasteiger partial charge in [0.05, 0.1) is 5.41 Å². The number of esters is 1. The number of benzene rings is 1. The van der Waals surface area contributed by atoms with Gasteiger partial charge in [0, 0.05) is 0 Å². The van der Waals surface area contributed by atoms with E-state index in [2.05, 4.69) is 18.6 Å². The van der Waals surface area contributed by atoms with Crippen molar-refractivity contribution < 1.29 is 46.1 Å². The molecular formula is C22H32F6O4. The molecule has 0 spiro atoms. The van der Waals surface area contributed by atoms with Gasteiger partial charge in [0.2, 0.25) is 0 Å². The van der Waals surface area contributed by atoms with Crippen molar-refractivity contribution in [2.24, 2.45) is 5.41 Å². The normalized spacial score (nSPS) is 14.3. The van der Waals surface area contributed by atoms with Crippen molar-refractivity contribution in [1.29, 1.82) is 0 Å². The van der Waals surface area contributed by atoms with E-state index in [1.165, 1.54) is 26.3 Å². The molecule has 1 unspecified atom stereocenters. The molecule has 4 nitrogen and oxygen atoms in total. The van der Waals surface area contributed by atoms with Gasteiger partial charge in [0.1, 0.15) is 5.75 Å². The molecule has 0 aliphatic carbocycles. The Bertz CT molecular complexity index is 722. The van der Waals surface area contributed by atoms with E-state index in [1.807, 2.05) is 12.1 Å². The van der Waals surface area contributed by atoms with Crippen LogP contribution >= 0.6 is 0 Å². The lowest BCUT2D eigenvalue weighted by Crippen LogP contribution is -2.70. The summed E-state index contributed by atoms with van der Waals surface area (Å²) in [6.07, 6.45) is -10.8. The van der Waals surface area contributed by atoms with Gasteiger partial charge in [-0.15, -0.1) is 0 Å². The number of aliphatic hydroxyl groups is 1. The maximum atomic E-state index is 12.8. The van der Waals surface area contributed by atoms with Crippen LogP contribution in [0, 0.1) is 5.41 Å². The van der Waals surface area contributed by atoms with Crippen molar-refractivity contribution >= 4 is 5.97 Å². The Morgan fingerprint density at radius 1 is 0.938 bits per heavy atom. The van der Waals surface area contributed by atoms with Gasteiger partial charge < -0.3 is 14.9 Å². The second-order valence-electron chi connectivity index (χ2n) is 8.74. The second kappa shape index (κ2) is 10.3. The Hall–Kier alpha value is -1.97. The number of rotatable bonds is 6. The third-order valence-electron chi connectivity index (χ3n) is 5.55. The van der Waals surface area contributed by atoms with E-state index in [-0.39, 0.29) is 6.42 Å². The van der Waals surface area contributed by atoms with E-state index in [1.54, 1.807) is 12.1 Å². The van der Waals surface area contributed by atoms with Crippen LogP contribution in [0.15, 0.2) is 24.3 Å². The minimum absolute atomic E-state index is 0.137. The van der Waals surface area contributed by atoms with E-state index in [9.17, 15) is 36.2 Å². The molecule has 10 heteroatoms. The highest BCUT2D eigenvalue weighted by Gasteiger charge is 2.78. The lowest BCUT2D eigenvalue weighted by atomic mass is 9.83. The van der Waals surface area contributed by atoms with E-state index in [0.717, 1.165) is 6.42 Å². The molecule has 0 heterocycles. The smallest absolute Gasteiger partial charge is 0.430 e. The predicted octanol–water partition coefficient (Wildman–Crippen LogP) is 6.51. The summed E-state index contributed by atoms with van der Waals surface area (Å²) in [6, 6.07) is 7.43. The Morgan fingerprint density at radius 3 is 1.66 bits per heavy atom. The van der Waals surface area contributed by atoms with Crippen LogP contribution in [0.1, 0.15) is 72.8 Å². The number of halogens is 6. The molecule has 1 aromatic rings. The molecule has 1 rings (SSSR count). The summed E-state index contributed by atoms with van der Waals surface area (Å²) in [5.74, 6) is -0.324. The molecule has 0 saturated heterocycles. The summed E-state index contributed by atoms with van der Waals surface area (Å²) in [7, 11) is 0. The van der Waals surface area contributed by atoms with E-state index >= 15 is 0 Å². The minimum atomic E-state index is -6.06. The topological polar surface area (TPSA) is 66.8 Å². The second-order valence-corrected chi connectivity index (χ2v) is 8.74. The summed E-state index contributed by atoms with van der Waals surface area (Å²) in [5.41, 5.74) is -8.40.